The zero-order valence-electron chi connectivity index (χ0n) is 9.85. The van der Waals surface area contributed by atoms with Crippen molar-refractivity contribution in [1.29, 1.82) is 0 Å². The quantitative estimate of drug-likeness (QED) is 0.620. The number of carboxylic acids is 1. The van der Waals surface area contributed by atoms with Crippen LogP contribution < -0.4 is 5.73 Å². The third kappa shape index (κ3) is 4.44. The molecule has 0 saturated carbocycles. The molecule has 1 amide bonds. The van der Waals surface area contributed by atoms with E-state index in [1.165, 1.54) is 11.0 Å². The van der Waals surface area contributed by atoms with E-state index in [-0.39, 0.29) is 24.9 Å². The Morgan fingerprint density at radius 3 is 2.50 bits per heavy atom. The largest absolute Gasteiger partial charge is 0.480 e. The Kier molecular flexibility index (Phi) is 6.41. The molecule has 5 heteroatoms. The Morgan fingerprint density at radius 2 is 2.12 bits per heavy atom. The van der Waals surface area contributed by atoms with Crippen LogP contribution in [0, 0.1) is 5.92 Å². The average molecular weight is 228 g/mol. The summed E-state index contributed by atoms with van der Waals surface area (Å²) in [6.45, 7) is 7.16. The number of amides is 1. The third-order valence-electron chi connectivity index (χ3n) is 2.53. The van der Waals surface area contributed by atoms with Gasteiger partial charge in [-0.2, -0.15) is 0 Å². The topological polar surface area (TPSA) is 83.6 Å². The van der Waals surface area contributed by atoms with Gasteiger partial charge in [-0.25, -0.2) is 0 Å². The van der Waals surface area contributed by atoms with E-state index in [9.17, 15) is 9.59 Å². The van der Waals surface area contributed by atoms with Gasteiger partial charge in [-0.3, -0.25) is 9.59 Å². The van der Waals surface area contributed by atoms with Crippen LogP contribution in [0.2, 0.25) is 0 Å². The second kappa shape index (κ2) is 7.00. The normalized spacial score (nSPS) is 13.9. The lowest BCUT2D eigenvalue weighted by molar-refractivity contribution is -0.145. The van der Waals surface area contributed by atoms with E-state index in [0.717, 1.165) is 6.42 Å². The van der Waals surface area contributed by atoms with Crippen molar-refractivity contribution in [3.8, 4) is 0 Å². The Balaban J connectivity index is 4.58. The van der Waals surface area contributed by atoms with E-state index in [1.807, 2.05) is 13.8 Å². The lowest BCUT2D eigenvalue weighted by Gasteiger charge is -2.25. The second-order valence-electron chi connectivity index (χ2n) is 3.81. The molecule has 92 valence electrons. The maximum absolute atomic E-state index is 11.9. The van der Waals surface area contributed by atoms with Gasteiger partial charge in [0, 0.05) is 6.54 Å². The highest BCUT2D eigenvalue weighted by Gasteiger charge is 2.25. The number of aliphatic carboxylic acids is 1. The van der Waals surface area contributed by atoms with Crippen molar-refractivity contribution in [2.75, 3.05) is 13.1 Å². The Labute approximate surface area is 95.9 Å². The summed E-state index contributed by atoms with van der Waals surface area (Å²) in [5, 5.41) is 8.67. The van der Waals surface area contributed by atoms with E-state index in [4.69, 9.17) is 10.8 Å². The predicted molar refractivity (Wildman–Crippen MR) is 61.8 cm³/mol. The molecule has 0 spiro atoms. The van der Waals surface area contributed by atoms with Crippen LogP contribution in [0.1, 0.15) is 20.3 Å². The average Bonchev–Trinajstić information content (AvgIpc) is 2.24. The number of nitrogens with zero attached hydrogens (tertiary/aromatic N) is 1. The van der Waals surface area contributed by atoms with Gasteiger partial charge in [0.2, 0.25) is 5.91 Å². The minimum Gasteiger partial charge on any atom is -0.480 e. The van der Waals surface area contributed by atoms with Gasteiger partial charge in [0.15, 0.2) is 0 Å². The third-order valence-corrected chi connectivity index (χ3v) is 2.53. The zero-order valence-corrected chi connectivity index (χ0v) is 9.85. The highest BCUT2D eigenvalue weighted by molar-refractivity contribution is 5.85. The Bertz CT molecular complexity index is 266. The number of carbonyl (C=O) groups is 2. The first-order valence-electron chi connectivity index (χ1n) is 5.31. The van der Waals surface area contributed by atoms with Gasteiger partial charge >= 0.3 is 5.97 Å². The molecule has 3 N–H and O–H groups in total. The van der Waals surface area contributed by atoms with Gasteiger partial charge in [0.25, 0.3) is 0 Å². The van der Waals surface area contributed by atoms with Crippen LogP contribution in [0.3, 0.4) is 0 Å². The first-order valence-corrected chi connectivity index (χ1v) is 5.31. The molecule has 0 rings (SSSR count). The summed E-state index contributed by atoms with van der Waals surface area (Å²) >= 11 is 0. The second-order valence-corrected chi connectivity index (χ2v) is 3.81. The van der Waals surface area contributed by atoms with Gasteiger partial charge in [0.1, 0.15) is 6.54 Å². The summed E-state index contributed by atoms with van der Waals surface area (Å²) in [5.41, 5.74) is 5.76. The molecular formula is C11H20N2O3. The van der Waals surface area contributed by atoms with Gasteiger partial charge in [-0.15, -0.1) is 6.58 Å². The zero-order chi connectivity index (χ0) is 12.7. The fraction of sp³-hybridized carbons (Fsp3) is 0.636. The number of carbonyl (C=O) groups excluding carboxylic acids is 1. The van der Waals surface area contributed by atoms with Crippen LogP contribution in [0.4, 0.5) is 0 Å². The minimum atomic E-state index is -1.05. The summed E-state index contributed by atoms with van der Waals surface area (Å²) in [4.78, 5) is 23.6. The highest BCUT2D eigenvalue weighted by atomic mass is 16.4. The first-order chi connectivity index (χ1) is 7.43. The molecule has 0 aromatic carbocycles. The molecule has 0 bridgehead atoms. The molecule has 0 aromatic heterocycles. The number of rotatable bonds is 7. The van der Waals surface area contributed by atoms with E-state index in [1.54, 1.807) is 0 Å². The summed E-state index contributed by atoms with van der Waals surface area (Å²) in [7, 11) is 0. The van der Waals surface area contributed by atoms with Gasteiger partial charge in [-0.1, -0.05) is 26.3 Å². The molecule has 16 heavy (non-hydrogen) atoms. The van der Waals surface area contributed by atoms with E-state index >= 15 is 0 Å². The SMILES string of the molecule is C=CCN(CC(=O)O)C(=O)C(N)C(C)CC. The number of nitrogens with two attached hydrogens (primary N) is 1. The van der Waals surface area contributed by atoms with Crippen molar-refractivity contribution < 1.29 is 14.7 Å². The molecule has 0 aliphatic rings. The maximum Gasteiger partial charge on any atom is 0.323 e. The van der Waals surface area contributed by atoms with Crippen molar-refractivity contribution in [3.05, 3.63) is 12.7 Å². The molecule has 2 unspecified atom stereocenters. The lowest BCUT2D eigenvalue weighted by atomic mass is 9.99. The predicted octanol–water partition coefficient (Wildman–Crippen LogP) is 0.459. The molecule has 0 radical (unpaired) electrons. The van der Waals surface area contributed by atoms with Crippen molar-refractivity contribution in [2.45, 2.75) is 26.3 Å². The highest BCUT2D eigenvalue weighted by Crippen LogP contribution is 2.08. The van der Waals surface area contributed by atoms with E-state index < -0.39 is 12.0 Å². The fourth-order valence-electron chi connectivity index (χ4n) is 1.26. The molecule has 0 aromatic rings. The molecular weight excluding hydrogens is 208 g/mol. The molecule has 0 heterocycles. The Hall–Kier alpha value is -1.36. The van der Waals surface area contributed by atoms with Crippen LogP contribution in [0.5, 0.6) is 0 Å². The van der Waals surface area contributed by atoms with Crippen LogP contribution >= 0.6 is 0 Å². The fourth-order valence-corrected chi connectivity index (χ4v) is 1.26. The number of hydrogen-bond donors (Lipinski definition) is 2. The standard InChI is InChI=1S/C11H20N2O3/c1-4-6-13(7-9(14)15)11(16)10(12)8(3)5-2/h4,8,10H,1,5-7,12H2,2-3H3,(H,14,15). The van der Waals surface area contributed by atoms with Gasteiger partial charge in [-0.05, 0) is 5.92 Å². The summed E-state index contributed by atoms with van der Waals surface area (Å²) in [6.07, 6.45) is 2.27. The summed E-state index contributed by atoms with van der Waals surface area (Å²) < 4.78 is 0. The van der Waals surface area contributed by atoms with Crippen LogP contribution in [-0.2, 0) is 9.59 Å². The molecule has 0 fully saturated rings. The smallest absolute Gasteiger partial charge is 0.323 e. The summed E-state index contributed by atoms with van der Waals surface area (Å²) in [5.74, 6) is -1.35. The molecule has 0 aliphatic carbocycles. The van der Waals surface area contributed by atoms with Crippen LogP contribution in [0.25, 0.3) is 0 Å². The van der Waals surface area contributed by atoms with Gasteiger partial charge in [0.05, 0.1) is 6.04 Å². The number of carboxylic acid groups (broad SMARTS) is 1. The van der Waals surface area contributed by atoms with E-state index in [2.05, 4.69) is 6.58 Å². The molecule has 2 atom stereocenters. The molecule has 0 aliphatic heterocycles. The number of hydrogen-bond acceptors (Lipinski definition) is 3. The monoisotopic (exact) mass is 228 g/mol. The van der Waals surface area contributed by atoms with E-state index in [0.29, 0.717) is 0 Å². The first kappa shape index (κ1) is 14.6. The van der Waals surface area contributed by atoms with Crippen molar-refractivity contribution >= 4 is 11.9 Å². The molecule has 5 nitrogen and oxygen atoms in total. The van der Waals surface area contributed by atoms with Crippen molar-refractivity contribution in [1.82, 2.24) is 4.90 Å². The Morgan fingerprint density at radius 1 is 1.56 bits per heavy atom. The maximum atomic E-state index is 11.9. The summed E-state index contributed by atoms with van der Waals surface area (Å²) in [6, 6.07) is -0.649. The van der Waals surface area contributed by atoms with Crippen LogP contribution in [0.15, 0.2) is 12.7 Å². The van der Waals surface area contributed by atoms with Crippen LogP contribution in [-0.4, -0.2) is 41.0 Å². The minimum absolute atomic E-state index is 0.0358. The lowest BCUT2D eigenvalue weighted by Crippen LogP contribution is -2.48. The van der Waals surface area contributed by atoms with Crippen molar-refractivity contribution in [3.63, 3.8) is 0 Å². The van der Waals surface area contributed by atoms with Crippen molar-refractivity contribution in [2.24, 2.45) is 11.7 Å². The molecule has 0 saturated heterocycles. The van der Waals surface area contributed by atoms with Gasteiger partial charge < -0.3 is 15.7 Å².